The van der Waals surface area contributed by atoms with Crippen LogP contribution in [0.2, 0.25) is 0 Å². The number of rotatable bonds is 7. The molecule has 2 unspecified atom stereocenters. The highest BCUT2D eigenvalue weighted by Gasteiger charge is 2.27. The molecule has 3 rings (SSSR count). The van der Waals surface area contributed by atoms with Gasteiger partial charge >= 0.3 is 5.97 Å². The summed E-state index contributed by atoms with van der Waals surface area (Å²) in [5.41, 5.74) is 0.120. The third-order valence-electron chi connectivity index (χ3n) is 4.84. The molecule has 32 heavy (non-hydrogen) atoms. The minimum absolute atomic E-state index is 0.000861. The minimum Gasteiger partial charge on any atom is -0.493 e. The van der Waals surface area contributed by atoms with Crippen molar-refractivity contribution in [3.05, 3.63) is 41.9 Å². The van der Waals surface area contributed by atoms with Crippen molar-refractivity contribution in [2.45, 2.75) is 26.1 Å². The van der Waals surface area contributed by atoms with Crippen LogP contribution in [-0.2, 0) is 14.3 Å². The van der Waals surface area contributed by atoms with Crippen LogP contribution in [0.15, 0.2) is 34.9 Å². The number of benzene rings is 1. The molecule has 1 aromatic carbocycles. The fourth-order valence-corrected chi connectivity index (χ4v) is 3.42. The lowest BCUT2D eigenvalue weighted by molar-refractivity contribution is -0.146. The van der Waals surface area contributed by atoms with Crippen molar-refractivity contribution in [3.8, 4) is 11.5 Å². The summed E-state index contributed by atoms with van der Waals surface area (Å²) < 4.78 is 26.5. The van der Waals surface area contributed by atoms with Crippen molar-refractivity contribution >= 4 is 23.5 Å². The zero-order valence-electron chi connectivity index (χ0n) is 18.4. The molecule has 0 radical (unpaired) electrons. The Bertz CT molecular complexity index is 963. The minimum atomic E-state index is -0.802. The van der Waals surface area contributed by atoms with Crippen molar-refractivity contribution in [3.63, 3.8) is 0 Å². The van der Waals surface area contributed by atoms with E-state index in [9.17, 15) is 14.4 Å². The summed E-state index contributed by atoms with van der Waals surface area (Å²) >= 11 is 0. The summed E-state index contributed by atoms with van der Waals surface area (Å²) in [4.78, 5) is 39.4. The highest BCUT2D eigenvalue weighted by molar-refractivity contribution is 6.07. The lowest BCUT2D eigenvalue weighted by Gasteiger charge is -2.35. The maximum Gasteiger partial charge on any atom is 0.340 e. The first-order valence-electron chi connectivity index (χ1n) is 10.0. The number of hydrogen-bond acceptors (Lipinski definition) is 8. The molecule has 1 aliphatic rings. The topological polar surface area (TPSA) is 117 Å². The number of anilines is 1. The van der Waals surface area contributed by atoms with Crippen LogP contribution in [0.5, 0.6) is 11.5 Å². The number of hydrogen-bond donors (Lipinski definition) is 1. The van der Waals surface area contributed by atoms with Crippen molar-refractivity contribution in [2.75, 3.05) is 39.2 Å². The van der Waals surface area contributed by atoms with E-state index in [0.717, 1.165) is 0 Å². The molecule has 1 N–H and O–H groups in total. The number of furan rings is 1. The largest absolute Gasteiger partial charge is 0.493 e. The highest BCUT2D eigenvalue weighted by Crippen LogP contribution is 2.34. The summed E-state index contributed by atoms with van der Waals surface area (Å²) in [5, 5.41) is 2.60. The molecule has 0 bridgehead atoms. The van der Waals surface area contributed by atoms with E-state index in [4.69, 9.17) is 23.4 Å². The quantitative estimate of drug-likeness (QED) is 0.644. The van der Waals surface area contributed by atoms with Crippen molar-refractivity contribution < 1.29 is 37.7 Å². The number of amides is 2. The molecule has 172 valence electrons. The predicted molar refractivity (Wildman–Crippen MR) is 113 cm³/mol. The number of carbonyl (C=O) groups excluding carboxylic acids is 3. The molecule has 0 saturated carbocycles. The standard InChI is InChI=1S/C22H26N2O8/c1-13-10-24(11-14(2)32-13)20(25)12-31-22(27)15-8-18(28-3)19(29-4)9-16(15)23-21(26)17-6-5-7-30-17/h5-9,13-14H,10-12H2,1-4H3,(H,23,26). The predicted octanol–water partition coefficient (Wildman–Crippen LogP) is 2.34. The summed E-state index contributed by atoms with van der Waals surface area (Å²) in [5.74, 6) is -1.08. The van der Waals surface area contributed by atoms with Crippen LogP contribution in [-0.4, -0.2) is 68.8 Å². The molecular weight excluding hydrogens is 420 g/mol. The molecule has 1 saturated heterocycles. The van der Waals surface area contributed by atoms with Gasteiger partial charge in [0.1, 0.15) is 0 Å². The second-order valence-corrected chi connectivity index (χ2v) is 7.32. The van der Waals surface area contributed by atoms with Gasteiger partial charge in [-0.25, -0.2) is 4.79 Å². The monoisotopic (exact) mass is 446 g/mol. The van der Waals surface area contributed by atoms with Crippen LogP contribution in [0, 0.1) is 0 Å². The van der Waals surface area contributed by atoms with Gasteiger partial charge in [0.25, 0.3) is 11.8 Å². The second-order valence-electron chi connectivity index (χ2n) is 7.32. The number of carbonyl (C=O) groups is 3. The number of esters is 1. The highest BCUT2D eigenvalue weighted by atomic mass is 16.5. The van der Waals surface area contributed by atoms with Gasteiger partial charge in [-0.2, -0.15) is 0 Å². The van der Waals surface area contributed by atoms with Gasteiger partial charge in [-0.1, -0.05) is 0 Å². The van der Waals surface area contributed by atoms with Crippen LogP contribution in [0.4, 0.5) is 5.69 Å². The average molecular weight is 446 g/mol. The van der Waals surface area contributed by atoms with Gasteiger partial charge in [-0.15, -0.1) is 0 Å². The first-order chi connectivity index (χ1) is 15.3. The Labute approximate surface area is 185 Å². The Balaban J connectivity index is 1.77. The van der Waals surface area contributed by atoms with E-state index in [-0.39, 0.29) is 40.9 Å². The van der Waals surface area contributed by atoms with Crippen molar-refractivity contribution in [1.29, 1.82) is 0 Å². The fraction of sp³-hybridized carbons (Fsp3) is 0.409. The van der Waals surface area contributed by atoms with Gasteiger partial charge in [-0.05, 0) is 26.0 Å². The zero-order chi connectivity index (χ0) is 23.3. The number of nitrogens with zero attached hydrogens (tertiary/aromatic N) is 1. The number of ether oxygens (including phenoxy) is 4. The average Bonchev–Trinajstić information content (AvgIpc) is 3.31. The molecule has 0 spiro atoms. The van der Waals surface area contributed by atoms with Gasteiger partial charge in [0.2, 0.25) is 0 Å². The molecule has 2 aromatic rings. The second kappa shape index (κ2) is 10.2. The molecule has 1 aliphatic heterocycles. The number of nitrogens with one attached hydrogen (secondary N) is 1. The molecule has 10 heteroatoms. The Morgan fingerprint density at radius 1 is 1.09 bits per heavy atom. The lowest BCUT2D eigenvalue weighted by Crippen LogP contribution is -2.49. The van der Waals surface area contributed by atoms with Gasteiger partial charge in [0.05, 0.1) is 43.9 Å². The first kappa shape index (κ1) is 23.1. The summed E-state index contributed by atoms with van der Waals surface area (Å²) in [6.07, 6.45) is 1.15. The van der Waals surface area contributed by atoms with Crippen LogP contribution < -0.4 is 14.8 Å². The lowest BCUT2D eigenvalue weighted by atomic mass is 10.1. The fourth-order valence-electron chi connectivity index (χ4n) is 3.42. The Hall–Kier alpha value is -3.53. The zero-order valence-corrected chi connectivity index (χ0v) is 18.4. The first-order valence-corrected chi connectivity index (χ1v) is 10.0. The molecule has 1 fully saturated rings. The van der Waals surface area contributed by atoms with Gasteiger partial charge < -0.3 is 33.6 Å². The molecule has 2 atom stereocenters. The van der Waals surface area contributed by atoms with E-state index in [1.165, 1.54) is 38.7 Å². The van der Waals surface area contributed by atoms with Gasteiger partial charge in [-0.3, -0.25) is 9.59 Å². The van der Waals surface area contributed by atoms with Gasteiger partial charge in [0.15, 0.2) is 23.9 Å². The number of morpholine rings is 1. The van der Waals surface area contributed by atoms with Crippen LogP contribution in [0.25, 0.3) is 0 Å². The van der Waals surface area contributed by atoms with Crippen LogP contribution >= 0.6 is 0 Å². The van der Waals surface area contributed by atoms with E-state index in [1.807, 2.05) is 13.8 Å². The summed E-state index contributed by atoms with van der Waals surface area (Å²) in [7, 11) is 2.84. The SMILES string of the molecule is COc1cc(NC(=O)c2ccco2)c(C(=O)OCC(=O)N2CC(C)OC(C)C2)cc1OC. The molecular formula is C22H26N2O8. The third kappa shape index (κ3) is 5.38. The molecule has 2 heterocycles. The Morgan fingerprint density at radius 2 is 1.75 bits per heavy atom. The number of methoxy groups -OCH3 is 2. The molecule has 2 amide bonds. The van der Waals surface area contributed by atoms with Gasteiger partial charge in [0, 0.05) is 25.2 Å². The van der Waals surface area contributed by atoms with E-state index in [0.29, 0.717) is 18.8 Å². The van der Waals surface area contributed by atoms with Crippen molar-refractivity contribution in [2.24, 2.45) is 0 Å². The van der Waals surface area contributed by atoms with Crippen LogP contribution in [0.3, 0.4) is 0 Å². The molecule has 10 nitrogen and oxygen atoms in total. The molecule has 1 aromatic heterocycles. The maximum absolute atomic E-state index is 12.8. The smallest absolute Gasteiger partial charge is 0.340 e. The normalized spacial score (nSPS) is 18.1. The summed E-state index contributed by atoms with van der Waals surface area (Å²) in [6.45, 7) is 4.14. The van der Waals surface area contributed by atoms with Crippen LogP contribution in [0.1, 0.15) is 34.8 Å². The Kier molecular flexibility index (Phi) is 7.37. The van der Waals surface area contributed by atoms with E-state index in [2.05, 4.69) is 5.32 Å². The van der Waals surface area contributed by atoms with E-state index in [1.54, 1.807) is 11.0 Å². The third-order valence-corrected chi connectivity index (χ3v) is 4.84. The van der Waals surface area contributed by atoms with Crippen molar-refractivity contribution in [1.82, 2.24) is 4.90 Å². The van der Waals surface area contributed by atoms with E-state index >= 15 is 0 Å². The Morgan fingerprint density at radius 3 is 2.34 bits per heavy atom. The summed E-state index contributed by atoms with van der Waals surface area (Å²) in [6, 6.07) is 5.86. The van der Waals surface area contributed by atoms with E-state index < -0.39 is 18.5 Å². The maximum atomic E-state index is 12.8. The molecule has 0 aliphatic carbocycles.